The van der Waals surface area contributed by atoms with Gasteiger partial charge in [0.1, 0.15) is 5.60 Å². The van der Waals surface area contributed by atoms with Crippen LogP contribution in [0, 0.1) is 11.8 Å². The van der Waals surface area contributed by atoms with Crippen molar-refractivity contribution in [3.05, 3.63) is 0 Å². The molecular formula is C12H22O2. The van der Waals surface area contributed by atoms with Crippen molar-refractivity contribution in [2.75, 3.05) is 7.11 Å². The summed E-state index contributed by atoms with van der Waals surface area (Å²) in [5.41, 5.74) is -0.453. The Hall–Kier alpha value is -0.370. The number of ether oxygens (including phenoxy) is 1. The molecule has 0 amide bonds. The zero-order valence-electron chi connectivity index (χ0n) is 9.80. The molecule has 0 bridgehead atoms. The van der Waals surface area contributed by atoms with E-state index in [0.717, 1.165) is 37.5 Å². The first-order valence-corrected chi connectivity index (χ1v) is 5.58. The quantitative estimate of drug-likeness (QED) is 0.697. The van der Waals surface area contributed by atoms with Crippen molar-refractivity contribution in [1.82, 2.24) is 0 Å². The SMILES string of the molecule is COC1(C(C)=O)CCC(C(C)C)CC1. The molecule has 0 heterocycles. The van der Waals surface area contributed by atoms with Crippen molar-refractivity contribution in [2.24, 2.45) is 11.8 Å². The molecule has 0 saturated heterocycles. The highest BCUT2D eigenvalue weighted by Crippen LogP contribution is 2.38. The van der Waals surface area contributed by atoms with Gasteiger partial charge >= 0.3 is 0 Å². The summed E-state index contributed by atoms with van der Waals surface area (Å²) in [4.78, 5) is 11.5. The van der Waals surface area contributed by atoms with Crippen LogP contribution >= 0.6 is 0 Å². The van der Waals surface area contributed by atoms with Gasteiger partial charge in [0.2, 0.25) is 0 Å². The lowest BCUT2D eigenvalue weighted by atomic mass is 9.73. The number of ketones is 1. The summed E-state index contributed by atoms with van der Waals surface area (Å²) in [5, 5.41) is 0. The van der Waals surface area contributed by atoms with Gasteiger partial charge in [-0.25, -0.2) is 0 Å². The topological polar surface area (TPSA) is 26.3 Å². The highest BCUT2D eigenvalue weighted by molar-refractivity contribution is 5.85. The monoisotopic (exact) mass is 198 g/mol. The fraction of sp³-hybridized carbons (Fsp3) is 0.917. The number of carbonyl (C=O) groups excluding carboxylic acids is 1. The zero-order valence-corrected chi connectivity index (χ0v) is 9.80. The Morgan fingerprint density at radius 1 is 1.36 bits per heavy atom. The third kappa shape index (κ3) is 2.17. The van der Waals surface area contributed by atoms with Crippen LogP contribution in [0.1, 0.15) is 46.5 Å². The molecule has 0 aromatic heterocycles. The number of carbonyl (C=O) groups is 1. The minimum atomic E-state index is -0.453. The maximum Gasteiger partial charge on any atom is 0.161 e. The summed E-state index contributed by atoms with van der Waals surface area (Å²) < 4.78 is 5.42. The van der Waals surface area contributed by atoms with Gasteiger partial charge in [0, 0.05) is 7.11 Å². The number of hydrogen-bond donors (Lipinski definition) is 0. The average Bonchev–Trinajstić information content (AvgIpc) is 2.17. The van der Waals surface area contributed by atoms with Crippen LogP contribution in [0.25, 0.3) is 0 Å². The largest absolute Gasteiger partial charge is 0.370 e. The van der Waals surface area contributed by atoms with Crippen LogP contribution in [-0.4, -0.2) is 18.5 Å². The molecule has 0 aromatic carbocycles. The summed E-state index contributed by atoms with van der Waals surface area (Å²) in [7, 11) is 1.66. The zero-order chi connectivity index (χ0) is 10.8. The lowest BCUT2D eigenvalue weighted by Crippen LogP contribution is -2.43. The molecule has 0 aromatic rings. The second-order valence-corrected chi connectivity index (χ2v) is 4.84. The summed E-state index contributed by atoms with van der Waals surface area (Å²) in [6.45, 7) is 6.18. The van der Waals surface area contributed by atoms with Crippen LogP contribution < -0.4 is 0 Å². The molecule has 0 atom stereocenters. The predicted octanol–water partition coefficient (Wildman–Crippen LogP) is 2.81. The Labute approximate surface area is 87.0 Å². The van der Waals surface area contributed by atoms with Gasteiger partial charge in [0.25, 0.3) is 0 Å². The molecule has 0 radical (unpaired) electrons. The molecule has 2 nitrogen and oxygen atoms in total. The Balaban J connectivity index is 2.59. The van der Waals surface area contributed by atoms with E-state index in [9.17, 15) is 4.79 Å². The summed E-state index contributed by atoms with van der Waals surface area (Å²) in [5.74, 6) is 1.71. The minimum absolute atomic E-state index is 0.196. The first-order chi connectivity index (χ1) is 6.52. The van der Waals surface area contributed by atoms with E-state index in [2.05, 4.69) is 13.8 Å². The lowest BCUT2D eigenvalue weighted by molar-refractivity contribution is -0.144. The predicted molar refractivity (Wildman–Crippen MR) is 57.2 cm³/mol. The molecule has 1 fully saturated rings. The first kappa shape index (κ1) is 11.7. The van der Waals surface area contributed by atoms with E-state index in [4.69, 9.17) is 4.74 Å². The molecule has 2 heteroatoms. The second-order valence-electron chi connectivity index (χ2n) is 4.84. The Morgan fingerprint density at radius 3 is 2.14 bits per heavy atom. The molecule has 1 aliphatic rings. The van der Waals surface area contributed by atoms with Crippen molar-refractivity contribution in [3.63, 3.8) is 0 Å². The van der Waals surface area contributed by atoms with Crippen molar-refractivity contribution in [2.45, 2.75) is 52.1 Å². The van der Waals surface area contributed by atoms with Crippen LogP contribution in [0.5, 0.6) is 0 Å². The van der Waals surface area contributed by atoms with Crippen LogP contribution in [0.3, 0.4) is 0 Å². The highest BCUT2D eigenvalue weighted by Gasteiger charge is 2.39. The Bertz CT molecular complexity index is 200. The van der Waals surface area contributed by atoms with Crippen molar-refractivity contribution in [1.29, 1.82) is 0 Å². The summed E-state index contributed by atoms with van der Waals surface area (Å²) in [6, 6.07) is 0. The van der Waals surface area contributed by atoms with Gasteiger partial charge in [-0.05, 0) is 44.4 Å². The van der Waals surface area contributed by atoms with Gasteiger partial charge in [0.15, 0.2) is 5.78 Å². The first-order valence-electron chi connectivity index (χ1n) is 5.58. The van der Waals surface area contributed by atoms with Crippen molar-refractivity contribution >= 4 is 5.78 Å². The van der Waals surface area contributed by atoms with Crippen LogP contribution in [-0.2, 0) is 9.53 Å². The fourth-order valence-corrected chi connectivity index (χ4v) is 2.47. The molecule has 0 spiro atoms. The van der Waals surface area contributed by atoms with Crippen molar-refractivity contribution < 1.29 is 9.53 Å². The fourth-order valence-electron chi connectivity index (χ4n) is 2.47. The molecular weight excluding hydrogens is 176 g/mol. The standard InChI is InChI=1S/C12H22O2/c1-9(2)11-5-7-12(14-4,8-6-11)10(3)13/h9,11H,5-8H2,1-4H3. The van der Waals surface area contributed by atoms with E-state index in [1.807, 2.05) is 0 Å². The molecule has 14 heavy (non-hydrogen) atoms. The van der Waals surface area contributed by atoms with Crippen LogP contribution in [0.15, 0.2) is 0 Å². The van der Waals surface area contributed by atoms with E-state index in [-0.39, 0.29) is 5.78 Å². The van der Waals surface area contributed by atoms with Crippen LogP contribution in [0.2, 0.25) is 0 Å². The third-order valence-corrected chi connectivity index (χ3v) is 3.81. The number of methoxy groups -OCH3 is 1. The maximum atomic E-state index is 11.5. The molecule has 1 saturated carbocycles. The second kappa shape index (κ2) is 4.43. The maximum absolute atomic E-state index is 11.5. The molecule has 0 N–H and O–H groups in total. The minimum Gasteiger partial charge on any atom is -0.370 e. The molecule has 1 rings (SSSR count). The van der Waals surface area contributed by atoms with Gasteiger partial charge < -0.3 is 4.74 Å². The van der Waals surface area contributed by atoms with Gasteiger partial charge in [0.05, 0.1) is 0 Å². The molecule has 0 aliphatic heterocycles. The number of hydrogen-bond acceptors (Lipinski definition) is 2. The number of Topliss-reactive ketones (excluding diaryl/α,β-unsaturated/α-hetero) is 1. The average molecular weight is 198 g/mol. The van der Waals surface area contributed by atoms with E-state index < -0.39 is 5.60 Å². The van der Waals surface area contributed by atoms with Gasteiger partial charge in [-0.1, -0.05) is 13.8 Å². The van der Waals surface area contributed by atoms with E-state index in [0.29, 0.717) is 0 Å². The summed E-state index contributed by atoms with van der Waals surface area (Å²) >= 11 is 0. The molecule has 1 aliphatic carbocycles. The third-order valence-electron chi connectivity index (χ3n) is 3.81. The lowest BCUT2D eigenvalue weighted by Gasteiger charge is -2.38. The molecule has 82 valence electrons. The van der Waals surface area contributed by atoms with Gasteiger partial charge in [-0.3, -0.25) is 4.79 Å². The smallest absolute Gasteiger partial charge is 0.161 e. The van der Waals surface area contributed by atoms with E-state index in [1.165, 1.54) is 0 Å². The molecule has 0 unspecified atom stereocenters. The van der Waals surface area contributed by atoms with Crippen molar-refractivity contribution in [3.8, 4) is 0 Å². The highest BCUT2D eigenvalue weighted by atomic mass is 16.5. The Morgan fingerprint density at radius 2 is 1.86 bits per heavy atom. The summed E-state index contributed by atoms with van der Waals surface area (Å²) in [6.07, 6.45) is 4.07. The van der Waals surface area contributed by atoms with E-state index in [1.54, 1.807) is 14.0 Å². The van der Waals surface area contributed by atoms with Gasteiger partial charge in [-0.2, -0.15) is 0 Å². The van der Waals surface area contributed by atoms with Crippen LogP contribution in [0.4, 0.5) is 0 Å². The Kier molecular flexibility index (Phi) is 3.71. The van der Waals surface area contributed by atoms with E-state index >= 15 is 0 Å². The normalized spacial score (nSPS) is 33.4. The van der Waals surface area contributed by atoms with Gasteiger partial charge in [-0.15, -0.1) is 0 Å². The number of rotatable bonds is 3.